The lowest BCUT2D eigenvalue weighted by Gasteiger charge is -2.04. The molecule has 0 saturated carbocycles. The van der Waals surface area contributed by atoms with E-state index in [4.69, 9.17) is 16.3 Å². The first kappa shape index (κ1) is 10.8. The number of nitrogens with zero attached hydrogens (tertiary/aromatic N) is 2. The van der Waals surface area contributed by atoms with Crippen LogP contribution in [0, 0.1) is 11.8 Å². The average molecular weight is 243 g/mol. The van der Waals surface area contributed by atoms with Gasteiger partial charge in [0.05, 0.1) is 11.1 Å². The zero-order chi connectivity index (χ0) is 11.5. The second kappa shape index (κ2) is 4.40. The summed E-state index contributed by atoms with van der Waals surface area (Å²) in [5.41, 5.74) is 0. The van der Waals surface area contributed by atoms with Crippen molar-refractivity contribution in [2.24, 2.45) is 0 Å². The zero-order valence-electron chi connectivity index (χ0n) is 7.82. The monoisotopic (exact) mass is 242 g/mol. The third-order valence-electron chi connectivity index (χ3n) is 1.72. The Bertz CT molecular complexity index is 522. The molecule has 0 amide bonds. The standard InChI is InChI=1S/C10H5ClF2N2O/c11-7-2-1-6(3-8(7)12)16-10-4-9(13)14-5-15-10/h1-5H. The first-order valence-electron chi connectivity index (χ1n) is 4.25. The van der Waals surface area contributed by atoms with Crippen molar-refractivity contribution in [3.63, 3.8) is 0 Å². The Balaban J connectivity index is 2.24. The van der Waals surface area contributed by atoms with Gasteiger partial charge in [-0.3, -0.25) is 0 Å². The fourth-order valence-corrected chi connectivity index (χ4v) is 1.15. The second-order valence-corrected chi connectivity index (χ2v) is 3.26. The van der Waals surface area contributed by atoms with Crippen molar-refractivity contribution in [1.29, 1.82) is 0 Å². The van der Waals surface area contributed by atoms with Crippen LogP contribution in [0.15, 0.2) is 30.6 Å². The molecule has 2 aromatic rings. The number of aromatic nitrogens is 2. The molecule has 6 heteroatoms. The first-order chi connectivity index (χ1) is 7.65. The van der Waals surface area contributed by atoms with E-state index in [0.29, 0.717) is 0 Å². The van der Waals surface area contributed by atoms with E-state index < -0.39 is 11.8 Å². The van der Waals surface area contributed by atoms with E-state index in [1.165, 1.54) is 12.1 Å². The lowest BCUT2D eigenvalue weighted by atomic mass is 10.3. The number of hydrogen-bond donors (Lipinski definition) is 0. The van der Waals surface area contributed by atoms with Crippen LogP contribution in [0.3, 0.4) is 0 Å². The Morgan fingerprint density at radius 3 is 2.62 bits per heavy atom. The average Bonchev–Trinajstić information content (AvgIpc) is 2.24. The van der Waals surface area contributed by atoms with Gasteiger partial charge in [0.25, 0.3) is 0 Å². The SMILES string of the molecule is Fc1cc(Oc2ccc(Cl)c(F)c2)ncn1. The van der Waals surface area contributed by atoms with E-state index in [1.807, 2.05) is 0 Å². The van der Waals surface area contributed by atoms with Crippen LogP contribution >= 0.6 is 11.6 Å². The van der Waals surface area contributed by atoms with E-state index >= 15 is 0 Å². The van der Waals surface area contributed by atoms with Crippen LogP contribution in [-0.4, -0.2) is 9.97 Å². The molecule has 0 aliphatic rings. The predicted octanol–water partition coefficient (Wildman–Crippen LogP) is 3.20. The van der Waals surface area contributed by atoms with Crippen LogP contribution in [0.4, 0.5) is 8.78 Å². The van der Waals surface area contributed by atoms with Crippen molar-refractivity contribution in [2.75, 3.05) is 0 Å². The molecule has 16 heavy (non-hydrogen) atoms. The summed E-state index contributed by atoms with van der Waals surface area (Å²) in [6.45, 7) is 0. The molecule has 0 saturated heterocycles. The van der Waals surface area contributed by atoms with Crippen LogP contribution in [0.2, 0.25) is 5.02 Å². The van der Waals surface area contributed by atoms with Gasteiger partial charge in [0.15, 0.2) is 0 Å². The highest BCUT2D eigenvalue weighted by Crippen LogP contribution is 2.24. The van der Waals surface area contributed by atoms with Crippen LogP contribution < -0.4 is 4.74 Å². The molecule has 0 fully saturated rings. The normalized spacial score (nSPS) is 10.2. The summed E-state index contributed by atoms with van der Waals surface area (Å²) in [5.74, 6) is -1.16. The fraction of sp³-hybridized carbons (Fsp3) is 0. The molecule has 1 aromatic heterocycles. The minimum Gasteiger partial charge on any atom is -0.439 e. The predicted molar refractivity (Wildman–Crippen MR) is 53.5 cm³/mol. The van der Waals surface area contributed by atoms with E-state index in [2.05, 4.69) is 9.97 Å². The van der Waals surface area contributed by atoms with Gasteiger partial charge in [-0.2, -0.15) is 4.39 Å². The Labute approximate surface area is 94.7 Å². The molecule has 0 N–H and O–H groups in total. The highest BCUT2D eigenvalue weighted by atomic mass is 35.5. The number of rotatable bonds is 2. The summed E-state index contributed by atoms with van der Waals surface area (Å²) in [7, 11) is 0. The van der Waals surface area contributed by atoms with E-state index in [-0.39, 0.29) is 16.7 Å². The fourth-order valence-electron chi connectivity index (χ4n) is 1.03. The highest BCUT2D eigenvalue weighted by Gasteiger charge is 2.04. The third-order valence-corrected chi connectivity index (χ3v) is 2.03. The molecular formula is C10H5ClF2N2O. The number of halogens is 3. The highest BCUT2D eigenvalue weighted by molar-refractivity contribution is 6.30. The molecule has 0 radical (unpaired) electrons. The van der Waals surface area contributed by atoms with Crippen LogP contribution in [0.1, 0.15) is 0 Å². The Morgan fingerprint density at radius 2 is 1.94 bits per heavy atom. The minimum atomic E-state index is -0.723. The molecule has 2 rings (SSSR count). The van der Waals surface area contributed by atoms with Crippen LogP contribution in [0.5, 0.6) is 11.6 Å². The molecule has 0 unspecified atom stereocenters. The molecule has 3 nitrogen and oxygen atoms in total. The van der Waals surface area contributed by atoms with Gasteiger partial charge in [0, 0.05) is 6.07 Å². The van der Waals surface area contributed by atoms with Gasteiger partial charge in [0.2, 0.25) is 11.8 Å². The van der Waals surface area contributed by atoms with Gasteiger partial charge < -0.3 is 4.74 Å². The quantitative estimate of drug-likeness (QED) is 0.759. The van der Waals surface area contributed by atoms with Crippen molar-refractivity contribution < 1.29 is 13.5 Å². The van der Waals surface area contributed by atoms with Crippen molar-refractivity contribution >= 4 is 11.6 Å². The van der Waals surface area contributed by atoms with Gasteiger partial charge in [0.1, 0.15) is 17.9 Å². The molecule has 0 aliphatic carbocycles. The molecule has 0 aliphatic heterocycles. The number of hydrogen-bond acceptors (Lipinski definition) is 3. The maximum absolute atomic E-state index is 13.0. The second-order valence-electron chi connectivity index (χ2n) is 2.86. The maximum atomic E-state index is 13.0. The molecule has 1 heterocycles. The molecule has 82 valence electrons. The molecular weight excluding hydrogens is 238 g/mol. The maximum Gasteiger partial charge on any atom is 0.225 e. The van der Waals surface area contributed by atoms with E-state index in [1.54, 1.807) is 0 Å². The molecule has 0 spiro atoms. The van der Waals surface area contributed by atoms with Gasteiger partial charge in [-0.25, -0.2) is 14.4 Å². The summed E-state index contributed by atoms with van der Waals surface area (Å²) in [6.07, 6.45) is 1.01. The lowest BCUT2D eigenvalue weighted by molar-refractivity contribution is 0.446. The van der Waals surface area contributed by atoms with E-state index in [0.717, 1.165) is 18.5 Å². The number of ether oxygens (including phenoxy) is 1. The van der Waals surface area contributed by atoms with Crippen molar-refractivity contribution in [3.8, 4) is 11.6 Å². The summed E-state index contributed by atoms with van der Waals surface area (Å²) in [6, 6.07) is 4.87. The Kier molecular flexibility index (Phi) is 2.96. The summed E-state index contributed by atoms with van der Waals surface area (Å²) in [4.78, 5) is 6.92. The van der Waals surface area contributed by atoms with Gasteiger partial charge in [-0.05, 0) is 12.1 Å². The summed E-state index contributed by atoms with van der Waals surface area (Å²) in [5, 5.41) is -0.0128. The summed E-state index contributed by atoms with van der Waals surface area (Å²) < 4.78 is 30.8. The lowest BCUT2D eigenvalue weighted by Crippen LogP contribution is -1.91. The largest absolute Gasteiger partial charge is 0.439 e. The molecule has 1 aromatic carbocycles. The molecule has 0 bridgehead atoms. The van der Waals surface area contributed by atoms with Gasteiger partial charge in [-0.15, -0.1) is 0 Å². The van der Waals surface area contributed by atoms with E-state index in [9.17, 15) is 8.78 Å². The van der Waals surface area contributed by atoms with Crippen LogP contribution in [0.25, 0.3) is 0 Å². The smallest absolute Gasteiger partial charge is 0.225 e. The zero-order valence-corrected chi connectivity index (χ0v) is 8.58. The molecule has 0 atom stereocenters. The van der Waals surface area contributed by atoms with Crippen LogP contribution in [-0.2, 0) is 0 Å². The Morgan fingerprint density at radius 1 is 1.12 bits per heavy atom. The third kappa shape index (κ3) is 2.43. The van der Waals surface area contributed by atoms with Crippen molar-refractivity contribution in [2.45, 2.75) is 0 Å². The van der Waals surface area contributed by atoms with Crippen molar-refractivity contribution in [3.05, 3.63) is 47.4 Å². The van der Waals surface area contributed by atoms with Crippen molar-refractivity contribution in [1.82, 2.24) is 9.97 Å². The number of benzene rings is 1. The van der Waals surface area contributed by atoms with Gasteiger partial charge >= 0.3 is 0 Å². The Hall–Kier alpha value is -1.75. The first-order valence-corrected chi connectivity index (χ1v) is 4.63. The summed E-state index contributed by atoms with van der Waals surface area (Å²) >= 11 is 5.49. The minimum absolute atomic E-state index is 0.00535. The topological polar surface area (TPSA) is 35.0 Å². The van der Waals surface area contributed by atoms with Gasteiger partial charge in [-0.1, -0.05) is 11.6 Å².